The van der Waals surface area contributed by atoms with Gasteiger partial charge in [0.1, 0.15) is 0 Å². The third-order valence-electron chi connectivity index (χ3n) is 3.36. The van der Waals surface area contributed by atoms with E-state index >= 15 is 0 Å². The van der Waals surface area contributed by atoms with Crippen LogP contribution in [0, 0.1) is 11.8 Å². The van der Waals surface area contributed by atoms with Crippen LogP contribution in [0.1, 0.15) is 46.1 Å². The highest BCUT2D eigenvalue weighted by molar-refractivity contribution is 9.10. The van der Waals surface area contributed by atoms with E-state index in [9.17, 15) is 0 Å². The fourth-order valence-corrected chi connectivity index (χ4v) is 2.26. The van der Waals surface area contributed by atoms with E-state index in [2.05, 4.69) is 72.8 Å². The van der Waals surface area contributed by atoms with E-state index in [-0.39, 0.29) is 0 Å². The van der Waals surface area contributed by atoms with Gasteiger partial charge in [-0.25, -0.2) is 0 Å². The van der Waals surface area contributed by atoms with Crippen molar-refractivity contribution in [3.63, 3.8) is 0 Å². The predicted molar refractivity (Wildman–Crippen MR) is 88.3 cm³/mol. The first-order valence-electron chi connectivity index (χ1n) is 7.44. The van der Waals surface area contributed by atoms with E-state index < -0.39 is 0 Å². The third-order valence-corrected chi connectivity index (χ3v) is 3.89. The Bertz CT molecular complexity index is 331. The van der Waals surface area contributed by atoms with Gasteiger partial charge in [-0.1, -0.05) is 55.8 Å². The van der Waals surface area contributed by atoms with Crippen molar-refractivity contribution < 1.29 is 0 Å². The van der Waals surface area contributed by atoms with Gasteiger partial charge in [0.05, 0.1) is 0 Å². The predicted octanol–water partition coefficient (Wildman–Crippen LogP) is 5.34. The number of hydrogen-bond acceptors (Lipinski definition) is 1. The van der Waals surface area contributed by atoms with E-state index in [0.717, 1.165) is 22.9 Å². The van der Waals surface area contributed by atoms with Crippen LogP contribution in [0.3, 0.4) is 0 Å². The van der Waals surface area contributed by atoms with Crippen LogP contribution in [0.2, 0.25) is 0 Å². The van der Waals surface area contributed by atoms with Gasteiger partial charge in [-0.3, -0.25) is 4.90 Å². The summed E-state index contributed by atoms with van der Waals surface area (Å²) in [6, 6.07) is 8.72. The Morgan fingerprint density at radius 3 is 1.79 bits per heavy atom. The van der Waals surface area contributed by atoms with Gasteiger partial charge < -0.3 is 0 Å². The average Bonchev–Trinajstić information content (AvgIpc) is 2.35. The van der Waals surface area contributed by atoms with Crippen LogP contribution in [-0.4, -0.2) is 18.0 Å². The van der Waals surface area contributed by atoms with Gasteiger partial charge in [-0.15, -0.1) is 0 Å². The second kappa shape index (κ2) is 8.76. The number of nitrogens with zero attached hydrogens (tertiary/aromatic N) is 1. The van der Waals surface area contributed by atoms with Crippen molar-refractivity contribution in [1.82, 2.24) is 4.90 Å². The van der Waals surface area contributed by atoms with Crippen LogP contribution in [0.5, 0.6) is 0 Å². The molecular formula is C17H28BrN. The van der Waals surface area contributed by atoms with Crippen LogP contribution in [0.15, 0.2) is 28.7 Å². The SMILES string of the molecule is CC(C)CCN(CCC(C)C)Cc1ccc(Br)cc1. The highest BCUT2D eigenvalue weighted by Crippen LogP contribution is 2.14. The molecule has 1 rings (SSSR count). The molecule has 0 radical (unpaired) electrons. The molecule has 0 N–H and O–H groups in total. The van der Waals surface area contributed by atoms with E-state index in [1.54, 1.807) is 0 Å². The van der Waals surface area contributed by atoms with Gasteiger partial charge in [0.2, 0.25) is 0 Å². The van der Waals surface area contributed by atoms with Gasteiger partial charge in [-0.05, 0) is 55.5 Å². The Labute approximate surface area is 127 Å². The molecule has 0 saturated carbocycles. The maximum Gasteiger partial charge on any atom is 0.0233 e. The molecule has 19 heavy (non-hydrogen) atoms. The van der Waals surface area contributed by atoms with Gasteiger partial charge in [-0.2, -0.15) is 0 Å². The molecule has 0 aliphatic heterocycles. The van der Waals surface area contributed by atoms with Crippen molar-refractivity contribution in [2.75, 3.05) is 13.1 Å². The standard InChI is InChI=1S/C17H28BrN/c1-14(2)9-11-19(12-10-15(3)4)13-16-5-7-17(18)8-6-16/h5-8,14-15H,9-13H2,1-4H3. The van der Waals surface area contributed by atoms with Crippen LogP contribution >= 0.6 is 15.9 Å². The highest BCUT2D eigenvalue weighted by atomic mass is 79.9. The summed E-state index contributed by atoms with van der Waals surface area (Å²) in [6.45, 7) is 12.7. The minimum absolute atomic E-state index is 0.784. The molecule has 0 aliphatic carbocycles. The summed E-state index contributed by atoms with van der Waals surface area (Å²) in [5.74, 6) is 1.57. The monoisotopic (exact) mass is 325 g/mol. The van der Waals surface area contributed by atoms with Crippen molar-refractivity contribution in [2.45, 2.75) is 47.1 Å². The second-order valence-electron chi connectivity index (χ2n) is 6.27. The molecular weight excluding hydrogens is 298 g/mol. The lowest BCUT2D eigenvalue weighted by molar-refractivity contribution is 0.235. The van der Waals surface area contributed by atoms with Crippen LogP contribution in [-0.2, 0) is 6.54 Å². The van der Waals surface area contributed by atoms with Crippen molar-refractivity contribution in [2.24, 2.45) is 11.8 Å². The molecule has 0 atom stereocenters. The normalized spacial score (nSPS) is 11.8. The Morgan fingerprint density at radius 2 is 1.37 bits per heavy atom. The number of benzene rings is 1. The van der Waals surface area contributed by atoms with Gasteiger partial charge in [0, 0.05) is 11.0 Å². The summed E-state index contributed by atoms with van der Waals surface area (Å²) in [5.41, 5.74) is 1.41. The molecule has 0 amide bonds. The summed E-state index contributed by atoms with van der Waals surface area (Å²) in [5, 5.41) is 0. The summed E-state index contributed by atoms with van der Waals surface area (Å²) >= 11 is 3.50. The molecule has 0 bridgehead atoms. The summed E-state index contributed by atoms with van der Waals surface area (Å²) in [7, 11) is 0. The minimum Gasteiger partial charge on any atom is -0.299 e. The first-order valence-corrected chi connectivity index (χ1v) is 8.23. The summed E-state index contributed by atoms with van der Waals surface area (Å²) in [6.07, 6.45) is 2.57. The van der Waals surface area contributed by atoms with E-state index in [1.165, 1.54) is 31.5 Å². The molecule has 0 aromatic heterocycles. The van der Waals surface area contributed by atoms with Crippen molar-refractivity contribution in [1.29, 1.82) is 0 Å². The van der Waals surface area contributed by atoms with E-state index in [0.29, 0.717) is 0 Å². The summed E-state index contributed by atoms with van der Waals surface area (Å²) < 4.78 is 1.16. The third kappa shape index (κ3) is 7.74. The molecule has 0 unspecified atom stereocenters. The maximum atomic E-state index is 3.50. The Balaban J connectivity index is 2.53. The largest absolute Gasteiger partial charge is 0.299 e. The lowest BCUT2D eigenvalue weighted by Crippen LogP contribution is -2.27. The van der Waals surface area contributed by atoms with E-state index in [4.69, 9.17) is 0 Å². The van der Waals surface area contributed by atoms with Gasteiger partial charge in [0.15, 0.2) is 0 Å². The Kier molecular flexibility index (Phi) is 7.70. The Morgan fingerprint density at radius 1 is 0.895 bits per heavy atom. The molecule has 0 heterocycles. The molecule has 0 spiro atoms. The molecule has 1 aromatic carbocycles. The minimum atomic E-state index is 0.784. The molecule has 0 saturated heterocycles. The molecule has 1 aromatic rings. The molecule has 2 heteroatoms. The fourth-order valence-electron chi connectivity index (χ4n) is 2.00. The lowest BCUT2D eigenvalue weighted by Gasteiger charge is -2.24. The first-order chi connectivity index (χ1) is 8.97. The number of halogens is 1. The lowest BCUT2D eigenvalue weighted by atomic mass is 10.1. The zero-order chi connectivity index (χ0) is 14.3. The summed E-state index contributed by atoms with van der Waals surface area (Å²) in [4.78, 5) is 2.60. The van der Waals surface area contributed by atoms with Gasteiger partial charge in [0.25, 0.3) is 0 Å². The molecule has 0 aliphatic rings. The molecule has 1 nitrogen and oxygen atoms in total. The van der Waals surface area contributed by atoms with Crippen molar-refractivity contribution in [3.05, 3.63) is 34.3 Å². The Hall–Kier alpha value is -0.340. The smallest absolute Gasteiger partial charge is 0.0233 e. The average molecular weight is 326 g/mol. The molecule has 108 valence electrons. The quantitative estimate of drug-likeness (QED) is 0.623. The second-order valence-corrected chi connectivity index (χ2v) is 7.18. The zero-order valence-corrected chi connectivity index (χ0v) is 14.4. The highest BCUT2D eigenvalue weighted by Gasteiger charge is 2.08. The fraction of sp³-hybridized carbons (Fsp3) is 0.647. The zero-order valence-electron chi connectivity index (χ0n) is 12.8. The van der Waals surface area contributed by atoms with Gasteiger partial charge >= 0.3 is 0 Å². The van der Waals surface area contributed by atoms with Crippen LogP contribution < -0.4 is 0 Å². The van der Waals surface area contributed by atoms with Crippen molar-refractivity contribution >= 4 is 15.9 Å². The molecule has 0 fully saturated rings. The number of hydrogen-bond donors (Lipinski definition) is 0. The number of rotatable bonds is 8. The topological polar surface area (TPSA) is 3.24 Å². The maximum absolute atomic E-state index is 3.50. The first kappa shape index (κ1) is 16.7. The van der Waals surface area contributed by atoms with Crippen molar-refractivity contribution in [3.8, 4) is 0 Å². The van der Waals surface area contributed by atoms with Crippen LogP contribution in [0.25, 0.3) is 0 Å². The van der Waals surface area contributed by atoms with E-state index in [1.807, 2.05) is 0 Å². The van der Waals surface area contributed by atoms with Crippen LogP contribution in [0.4, 0.5) is 0 Å².